The highest BCUT2D eigenvalue weighted by Crippen LogP contribution is 2.23. The van der Waals surface area contributed by atoms with Gasteiger partial charge in [0.15, 0.2) is 5.78 Å². The van der Waals surface area contributed by atoms with Gasteiger partial charge in [0.25, 0.3) is 0 Å². The molecule has 0 radical (unpaired) electrons. The van der Waals surface area contributed by atoms with Gasteiger partial charge in [0, 0.05) is 10.4 Å². The Labute approximate surface area is 118 Å². The fourth-order valence-corrected chi connectivity index (χ4v) is 2.77. The molecule has 2 aromatic rings. The Morgan fingerprint density at radius 3 is 2.83 bits per heavy atom. The normalized spacial score (nSPS) is 10.8. The first-order valence-electron chi connectivity index (χ1n) is 5.31. The molecule has 0 aliphatic carbocycles. The van der Waals surface area contributed by atoms with Crippen LogP contribution in [0.1, 0.15) is 15.2 Å². The number of ether oxygens (including phenoxy) is 1. The zero-order valence-corrected chi connectivity index (χ0v) is 12.1. The van der Waals surface area contributed by atoms with Crippen LogP contribution < -0.4 is 4.74 Å². The van der Waals surface area contributed by atoms with Gasteiger partial charge in [-0.05, 0) is 52.3 Å². The number of allylic oxidation sites excluding steroid dienone is 1. The van der Waals surface area contributed by atoms with E-state index in [0.29, 0.717) is 11.3 Å². The molecule has 0 aliphatic rings. The minimum Gasteiger partial charge on any atom is -0.497 e. The van der Waals surface area contributed by atoms with Gasteiger partial charge < -0.3 is 4.74 Å². The highest BCUT2D eigenvalue weighted by molar-refractivity contribution is 9.11. The third kappa shape index (κ3) is 3.31. The molecule has 2 rings (SSSR count). The van der Waals surface area contributed by atoms with Gasteiger partial charge in [-0.1, -0.05) is 12.1 Å². The molecule has 0 bridgehead atoms. The van der Waals surface area contributed by atoms with Crippen LogP contribution in [0.4, 0.5) is 0 Å². The minimum absolute atomic E-state index is 0.0292. The molecule has 0 spiro atoms. The van der Waals surface area contributed by atoms with E-state index < -0.39 is 0 Å². The van der Waals surface area contributed by atoms with Gasteiger partial charge in [-0.2, -0.15) is 0 Å². The van der Waals surface area contributed by atoms with E-state index in [1.54, 1.807) is 36.7 Å². The lowest BCUT2D eigenvalue weighted by molar-refractivity contribution is 0.104. The summed E-state index contributed by atoms with van der Waals surface area (Å²) in [7, 11) is 1.59. The Morgan fingerprint density at radius 2 is 2.17 bits per heavy atom. The first kappa shape index (κ1) is 13.1. The summed E-state index contributed by atoms with van der Waals surface area (Å²) < 4.78 is 6.14. The highest BCUT2D eigenvalue weighted by Gasteiger charge is 2.03. The van der Waals surface area contributed by atoms with Crippen molar-refractivity contribution in [3.63, 3.8) is 0 Å². The lowest BCUT2D eigenvalue weighted by Gasteiger charge is -2.00. The van der Waals surface area contributed by atoms with Crippen LogP contribution in [0.2, 0.25) is 0 Å². The molecule has 92 valence electrons. The molecule has 0 amide bonds. The lowest BCUT2D eigenvalue weighted by Crippen LogP contribution is -1.94. The second kappa shape index (κ2) is 5.98. The van der Waals surface area contributed by atoms with Gasteiger partial charge in [-0.25, -0.2) is 0 Å². The molecule has 0 aliphatic heterocycles. The van der Waals surface area contributed by atoms with Gasteiger partial charge in [-0.15, -0.1) is 11.3 Å². The molecule has 0 saturated carbocycles. The van der Waals surface area contributed by atoms with Crippen molar-refractivity contribution in [1.29, 1.82) is 0 Å². The molecule has 4 heteroatoms. The Bertz CT molecular complexity index is 587. The largest absolute Gasteiger partial charge is 0.497 e. The van der Waals surface area contributed by atoms with Crippen LogP contribution in [-0.2, 0) is 0 Å². The topological polar surface area (TPSA) is 26.3 Å². The molecule has 2 nitrogen and oxygen atoms in total. The molecule has 18 heavy (non-hydrogen) atoms. The summed E-state index contributed by atoms with van der Waals surface area (Å²) in [5.74, 6) is 0.659. The molecule has 0 saturated heterocycles. The van der Waals surface area contributed by atoms with Crippen molar-refractivity contribution in [3.05, 3.63) is 56.7 Å². The van der Waals surface area contributed by atoms with E-state index in [1.807, 2.05) is 30.3 Å². The number of hydrogen-bond donors (Lipinski definition) is 0. The maximum absolute atomic E-state index is 11.9. The van der Waals surface area contributed by atoms with Crippen molar-refractivity contribution in [3.8, 4) is 5.75 Å². The van der Waals surface area contributed by atoms with Crippen molar-refractivity contribution in [2.45, 2.75) is 0 Å². The molecule has 0 N–H and O–H groups in total. The minimum atomic E-state index is -0.0292. The van der Waals surface area contributed by atoms with Crippen molar-refractivity contribution in [2.75, 3.05) is 7.11 Å². The number of methoxy groups -OCH3 is 1. The third-order valence-electron chi connectivity index (χ3n) is 2.35. The number of benzene rings is 1. The Balaban J connectivity index is 2.14. The monoisotopic (exact) mass is 322 g/mol. The number of hydrogen-bond acceptors (Lipinski definition) is 3. The van der Waals surface area contributed by atoms with Crippen LogP contribution in [0.3, 0.4) is 0 Å². The summed E-state index contributed by atoms with van der Waals surface area (Å²) in [6.07, 6.45) is 3.39. The maximum atomic E-state index is 11.9. The number of carbonyl (C=O) groups excluding carboxylic acids is 1. The number of rotatable bonds is 4. The second-order valence-electron chi connectivity index (χ2n) is 3.57. The zero-order valence-electron chi connectivity index (χ0n) is 9.72. The van der Waals surface area contributed by atoms with E-state index in [0.717, 1.165) is 8.66 Å². The number of carbonyl (C=O) groups is 1. The van der Waals surface area contributed by atoms with Gasteiger partial charge in [0.05, 0.1) is 10.9 Å². The first-order valence-corrected chi connectivity index (χ1v) is 6.92. The average Bonchev–Trinajstić information content (AvgIpc) is 2.82. The van der Waals surface area contributed by atoms with Crippen LogP contribution in [0, 0.1) is 0 Å². The molecular formula is C14H11BrO2S. The van der Waals surface area contributed by atoms with Gasteiger partial charge in [-0.3, -0.25) is 4.79 Å². The molecule has 1 aromatic heterocycles. The first-order chi connectivity index (χ1) is 8.69. The Hall–Kier alpha value is -1.39. The Kier molecular flexibility index (Phi) is 4.33. The summed E-state index contributed by atoms with van der Waals surface area (Å²) in [4.78, 5) is 13.0. The summed E-state index contributed by atoms with van der Waals surface area (Å²) in [5, 5.41) is 0. The molecule has 0 atom stereocenters. The number of ketones is 1. The van der Waals surface area contributed by atoms with E-state index in [-0.39, 0.29) is 5.78 Å². The van der Waals surface area contributed by atoms with Crippen molar-refractivity contribution >= 4 is 39.1 Å². The van der Waals surface area contributed by atoms with E-state index in [9.17, 15) is 4.79 Å². The predicted octanol–water partition coefficient (Wildman–Crippen LogP) is 4.42. The molecule has 1 aromatic carbocycles. The predicted molar refractivity (Wildman–Crippen MR) is 78.4 cm³/mol. The van der Waals surface area contributed by atoms with Crippen molar-refractivity contribution in [1.82, 2.24) is 0 Å². The molecule has 0 unspecified atom stereocenters. The number of halogens is 1. The SMILES string of the molecule is COc1cccc(C(=O)/C=C/c2ccc(Br)s2)c1. The van der Waals surface area contributed by atoms with Crippen LogP contribution in [0.25, 0.3) is 6.08 Å². The van der Waals surface area contributed by atoms with Crippen molar-refractivity contribution in [2.24, 2.45) is 0 Å². The molecule has 1 heterocycles. The highest BCUT2D eigenvalue weighted by atomic mass is 79.9. The van der Waals surface area contributed by atoms with Crippen LogP contribution in [0.5, 0.6) is 5.75 Å². The second-order valence-corrected chi connectivity index (χ2v) is 6.07. The van der Waals surface area contributed by atoms with Crippen LogP contribution >= 0.6 is 27.3 Å². The smallest absolute Gasteiger partial charge is 0.186 e. The van der Waals surface area contributed by atoms with Gasteiger partial charge in [0.2, 0.25) is 0 Å². The Morgan fingerprint density at radius 1 is 1.33 bits per heavy atom. The van der Waals surface area contributed by atoms with E-state index in [1.165, 1.54) is 0 Å². The standard InChI is InChI=1S/C14H11BrO2S/c1-17-11-4-2-3-10(9-11)13(16)7-5-12-6-8-14(15)18-12/h2-9H,1H3/b7-5+. The molecular weight excluding hydrogens is 312 g/mol. The van der Waals surface area contributed by atoms with E-state index in [4.69, 9.17) is 4.74 Å². The summed E-state index contributed by atoms with van der Waals surface area (Å²) in [6.45, 7) is 0. The van der Waals surface area contributed by atoms with E-state index in [2.05, 4.69) is 15.9 Å². The van der Waals surface area contributed by atoms with Crippen molar-refractivity contribution < 1.29 is 9.53 Å². The fraction of sp³-hybridized carbons (Fsp3) is 0.0714. The zero-order chi connectivity index (χ0) is 13.0. The fourth-order valence-electron chi connectivity index (χ4n) is 1.45. The van der Waals surface area contributed by atoms with E-state index >= 15 is 0 Å². The van der Waals surface area contributed by atoms with Crippen LogP contribution in [0.15, 0.2) is 46.3 Å². The summed E-state index contributed by atoms with van der Waals surface area (Å²) >= 11 is 4.97. The van der Waals surface area contributed by atoms with Gasteiger partial charge in [0.1, 0.15) is 5.75 Å². The number of thiophene rings is 1. The van der Waals surface area contributed by atoms with Gasteiger partial charge >= 0.3 is 0 Å². The molecule has 0 fully saturated rings. The van der Waals surface area contributed by atoms with Crippen LogP contribution in [-0.4, -0.2) is 12.9 Å². The average molecular weight is 323 g/mol. The maximum Gasteiger partial charge on any atom is 0.186 e. The summed E-state index contributed by atoms with van der Waals surface area (Å²) in [6, 6.07) is 11.1. The summed E-state index contributed by atoms with van der Waals surface area (Å²) in [5.41, 5.74) is 0.626. The third-order valence-corrected chi connectivity index (χ3v) is 3.94. The quantitative estimate of drug-likeness (QED) is 0.615. The lowest BCUT2D eigenvalue weighted by atomic mass is 10.1.